The molecule has 17 heavy (non-hydrogen) atoms. The third-order valence-corrected chi connectivity index (χ3v) is 3.23. The number of nitrogens with zero attached hydrogens (tertiary/aromatic N) is 2. The van der Waals surface area contributed by atoms with Gasteiger partial charge in [-0.1, -0.05) is 18.2 Å². The average Bonchev–Trinajstić information content (AvgIpc) is 3.10. The molecule has 1 aliphatic rings. The molecule has 1 aromatic heterocycles. The molecule has 0 N–H and O–H groups in total. The van der Waals surface area contributed by atoms with Crippen molar-refractivity contribution >= 4 is 6.29 Å². The van der Waals surface area contributed by atoms with E-state index in [4.69, 9.17) is 0 Å². The number of aldehydes is 1. The summed E-state index contributed by atoms with van der Waals surface area (Å²) in [6.07, 6.45) is 5.07. The average molecular weight is 226 g/mol. The standard InChI is InChI=1S/C14H14N2O/c1-10-4-2-3-5-13(10)16-8-12(9-17)14(15-16)11-6-7-11/h2-5,8-9,11H,6-7H2,1H3. The molecular formula is C14H14N2O. The number of benzene rings is 1. The Morgan fingerprint density at radius 1 is 1.35 bits per heavy atom. The monoisotopic (exact) mass is 226 g/mol. The van der Waals surface area contributed by atoms with E-state index in [9.17, 15) is 4.79 Å². The Hall–Kier alpha value is -1.90. The maximum atomic E-state index is 11.0. The van der Waals surface area contributed by atoms with Gasteiger partial charge in [0.05, 0.1) is 16.9 Å². The summed E-state index contributed by atoms with van der Waals surface area (Å²) in [6.45, 7) is 2.05. The molecule has 1 saturated carbocycles. The molecule has 3 heteroatoms. The molecule has 3 nitrogen and oxygen atoms in total. The van der Waals surface area contributed by atoms with E-state index in [0.717, 1.165) is 41.6 Å². The van der Waals surface area contributed by atoms with Crippen molar-refractivity contribution in [3.05, 3.63) is 47.3 Å². The number of rotatable bonds is 3. The fraction of sp³-hybridized carbons (Fsp3) is 0.286. The minimum atomic E-state index is 0.500. The highest BCUT2D eigenvalue weighted by Gasteiger charge is 2.29. The molecule has 0 radical (unpaired) electrons. The summed E-state index contributed by atoms with van der Waals surface area (Å²) < 4.78 is 1.83. The van der Waals surface area contributed by atoms with Gasteiger partial charge in [0.2, 0.25) is 0 Å². The van der Waals surface area contributed by atoms with Crippen molar-refractivity contribution in [2.75, 3.05) is 0 Å². The molecule has 0 amide bonds. The van der Waals surface area contributed by atoms with E-state index in [1.807, 2.05) is 42.1 Å². The van der Waals surface area contributed by atoms with E-state index in [1.165, 1.54) is 0 Å². The summed E-state index contributed by atoms with van der Waals surface area (Å²) in [7, 11) is 0. The Balaban J connectivity index is 2.09. The maximum Gasteiger partial charge on any atom is 0.153 e. The van der Waals surface area contributed by atoms with E-state index in [1.54, 1.807) is 0 Å². The highest BCUT2D eigenvalue weighted by Crippen LogP contribution is 2.40. The Kier molecular flexibility index (Phi) is 2.32. The molecule has 1 heterocycles. The van der Waals surface area contributed by atoms with Crippen LogP contribution in [0.15, 0.2) is 30.5 Å². The van der Waals surface area contributed by atoms with Gasteiger partial charge in [-0.2, -0.15) is 5.10 Å². The van der Waals surface area contributed by atoms with Gasteiger partial charge >= 0.3 is 0 Å². The number of hydrogen-bond acceptors (Lipinski definition) is 2. The quantitative estimate of drug-likeness (QED) is 0.754. The second kappa shape index (κ2) is 3.84. The second-order valence-electron chi connectivity index (χ2n) is 4.59. The van der Waals surface area contributed by atoms with Gasteiger partial charge in [0.15, 0.2) is 6.29 Å². The zero-order valence-electron chi connectivity index (χ0n) is 9.76. The van der Waals surface area contributed by atoms with Crippen LogP contribution in [0.25, 0.3) is 5.69 Å². The lowest BCUT2D eigenvalue weighted by atomic mass is 10.2. The van der Waals surface area contributed by atoms with Crippen molar-refractivity contribution in [3.8, 4) is 5.69 Å². The summed E-state index contributed by atoms with van der Waals surface area (Å²) in [5.74, 6) is 0.500. The lowest BCUT2D eigenvalue weighted by Crippen LogP contribution is -1.97. The zero-order valence-corrected chi connectivity index (χ0v) is 9.76. The third kappa shape index (κ3) is 1.78. The van der Waals surface area contributed by atoms with E-state index in [0.29, 0.717) is 5.92 Å². The maximum absolute atomic E-state index is 11.0. The predicted octanol–water partition coefficient (Wildman–Crippen LogP) is 2.87. The van der Waals surface area contributed by atoms with Crippen LogP contribution in [0, 0.1) is 6.92 Å². The zero-order chi connectivity index (χ0) is 11.8. The largest absolute Gasteiger partial charge is 0.298 e. The molecule has 1 aromatic carbocycles. The fourth-order valence-electron chi connectivity index (χ4n) is 2.11. The van der Waals surface area contributed by atoms with Gasteiger partial charge in [0.25, 0.3) is 0 Å². The van der Waals surface area contributed by atoms with Crippen molar-refractivity contribution in [2.45, 2.75) is 25.7 Å². The predicted molar refractivity (Wildman–Crippen MR) is 65.7 cm³/mol. The number of carbonyl (C=O) groups is 1. The first-order valence-electron chi connectivity index (χ1n) is 5.90. The van der Waals surface area contributed by atoms with E-state index < -0.39 is 0 Å². The van der Waals surface area contributed by atoms with Crippen LogP contribution in [0.2, 0.25) is 0 Å². The highest BCUT2D eigenvalue weighted by molar-refractivity contribution is 5.77. The number of carbonyl (C=O) groups excluding carboxylic acids is 1. The van der Waals surface area contributed by atoms with Crippen molar-refractivity contribution in [1.29, 1.82) is 0 Å². The molecule has 86 valence electrons. The number of para-hydroxylation sites is 1. The van der Waals surface area contributed by atoms with Gasteiger partial charge in [0.1, 0.15) is 0 Å². The smallest absolute Gasteiger partial charge is 0.153 e. The molecule has 3 rings (SSSR count). The number of aryl methyl sites for hydroxylation is 1. The van der Waals surface area contributed by atoms with E-state index in [2.05, 4.69) is 5.10 Å². The second-order valence-corrected chi connectivity index (χ2v) is 4.59. The van der Waals surface area contributed by atoms with Crippen LogP contribution < -0.4 is 0 Å². The summed E-state index contributed by atoms with van der Waals surface area (Å²) >= 11 is 0. The van der Waals surface area contributed by atoms with Gasteiger partial charge in [0, 0.05) is 12.1 Å². The van der Waals surface area contributed by atoms with Crippen LogP contribution in [-0.4, -0.2) is 16.1 Å². The first kappa shape index (κ1) is 10.3. The first-order valence-corrected chi connectivity index (χ1v) is 5.90. The molecule has 0 saturated heterocycles. The molecule has 0 atom stereocenters. The van der Waals surface area contributed by atoms with Gasteiger partial charge in [-0.15, -0.1) is 0 Å². The summed E-state index contributed by atoms with van der Waals surface area (Å²) in [5, 5.41) is 4.56. The lowest BCUT2D eigenvalue weighted by molar-refractivity contribution is 0.112. The Morgan fingerprint density at radius 3 is 2.76 bits per heavy atom. The Morgan fingerprint density at radius 2 is 2.12 bits per heavy atom. The molecular weight excluding hydrogens is 212 g/mol. The van der Waals surface area contributed by atoms with Crippen LogP contribution >= 0.6 is 0 Å². The molecule has 0 bridgehead atoms. The summed E-state index contributed by atoms with van der Waals surface area (Å²) in [6, 6.07) is 8.06. The summed E-state index contributed by atoms with van der Waals surface area (Å²) in [4.78, 5) is 11.0. The normalized spacial score (nSPS) is 14.9. The Labute approximate surface area is 100 Å². The van der Waals surface area contributed by atoms with Crippen LogP contribution in [-0.2, 0) is 0 Å². The van der Waals surface area contributed by atoms with Crippen molar-refractivity contribution in [2.24, 2.45) is 0 Å². The van der Waals surface area contributed by atoms with Crippen LogP contribution in [0.5, 0.6) is 0 Å². The highest BCUT2D eigenvalue weighted by atomic mass is 16.1. The molecule has 0 aliphatic heterocycles. The van der Waals surface area contributed by atoms with Gasteiger partial charge in [-0.05, 0) is 31.4 Å². The molecule has 0 spiro atoms. The molecule has 0 unspecified atom stereocenters. The minimum Gasteiger partial charge on any atom is -0.298 e. The van der Waals surface area contributed by atoms with Gasteiger partial charge in [-0.25, -0.2) is 4.68 Å². The molecule has 1 fully saturated rings. The SMILES string of the molecule is Cc1ccccc1-n1cc(C=O)c(C2CC2)n1. The van der Waals surface area contributed by atoms with Crippen molar-refractivity contribution in [1.82, 2.24) is 9.78 Å². The van der Waals surface area contributed by atoms with Crippen molar-refractivity contribution in [3.63, 3.8) is 0 Å². The fourth-order valence-corrected chi connectivity index (χ4v) is 2.11. The summed E-state index contributed by atoms with van der Waals surface area (Å²) in [5.41, 5.74) is 3.90. The van der Waals surface area contributed by atoms with Crippen LogP contribution in [0.4, 0.5) is 0 Å². The topological polar surface area (TPSA) is 34.9 Å². The number of hydrogen-bond donors (Lipinski definition) is 0. The van der Waals surface area contributed by atoms with Gasteiger partial charge in [-0.3, -0.25) is 4.79 Å². The number of aromatic nitrogens is 2. The lowest BCUT2D eigenvalue weighted by Gasteiger charge is -2.04. The van der Waals surface area contributed by atoms with Crippen LogP contribution in [0.1, 0.15) is 40.4 Å². The molecule has 1 aliphatic carbocycles. The van der Waals surface area contributed by atoms with Crippen LogP contribution in [0.3, 0.4) is 0 Å². The minimum absolute atomic E-state index is 0.500. The Bertz CT molecular complexity index is 567. The first-order chi connectivity index (χ1) is 8.29. The van der Waals surface area contributed by atoms with E-state index >= 15 is 0 Å². The molecule has 2 aromatic rings. The third-order valence-electron chi connectivity index (χ3n) is 3.23. The van der Waals surface area contributed by atoms with Gasteiger partial charge < -0.3 is 0 Å². The van der Waals surface area contributed by atoms with Crippen molar-refractivity contribution < 1.29 is 4.79 Å². The van der Waals surface area contributed by atoms with E-state index in [-0.39, 0.29) is 0 Å².